The third-order valence-electron chi connectivity index (χ3n) is 3.83. The second-order valence-electron chi connectivity index (χ2n) is 5.13. The molecule has 2 atom stereocenters. The molecule has 0 aromatic carbocycles. The lowest BCUT2D eigenvalue weighted by molar-refractivity contribution is -0.378. The highest BCUT2D eigenvalue weighted by Gasteiger charge is 2.42. The number of methoxy groups -OCH3 is 3. The molecule has 0 bridgehead atoms. The number of thiol groups is 2. The van der Waals surface area contributed by atoms with Crippen molar-refractivity contribution in [3.05, 3.63) is 0 Å². The standard InChI is InChI=1S/C15H32O3S2/c1-5-6-7-8-9-10-11-13(14(20)12-19)15(16-2,17-3)18-4/h13-14,19-20H,5-12H2,1-4H3. The summed E-state index contributed by atoms with van der Waals surface area (Å²) in [7, 11) is 4.83. The number of hydrogen-bond donors (Lipinski definition) is 2. The quantitative estimate of drug-likeness (QED) is 0.302. The zero-order valence-electron chi connectivity index (χ0n) is 13.4. The normalized spacial score (nSPS) is 15.3. The molecule has 20 heavy (non-hydrogen) atoms. The first-order valence-corrected chi connectivity index (χ1v) is 8.71. The largest absolute Gasteiger partial charge is 0.331 e. The van der Waals surface area contributed by atoms with Gasteiger partial charge in [-0.25, -0.2) is 0 Å². The highest BCUT2D eigenvalue weighted by molar-refractivity contribution is 7.84. The molecule has 0 fully saturated rings. The Morgan fingerprint density at radius 2 is 1.40 bits per heavy atom. The molecule has 0 heterocycles. The molecule has 5 heteroatoms. The Bertz CT molecular complexity index is 215. The van der Waals surface area contributed by atoms with Crippen molar-refractivity contribution in [1.29, 1.82) is 0 Å². The number of ether oxygens (including phenoxy) is 3. The van der Waals surface area contributed by atoms with E-state index in [-0.39, 0.29) is 11.2 Å². The molecule has 122 valence electrons. The van der Waals surface area contributed by atoms with Crippen LogP contribution in [0, 0.1) is 5.92 Å². The SMILES string of the molecule is CCCCCCCCC(C(S)CS)C(OC)(OC)OC. The van der Waals surface area contributed by atoms with Gasteiger partial charge in [0.05, 0.1) is 5.92 Å². The molecular formula is C15H32O3S2. The molecule has 0 spiro atoms. The Hall–Kier alpha value is 0.580. The van der Waals surface area contributed by atoms with Crippen LogP contribution in [0.15, 0.2) is 0 Å². The Labute approximate surface area is 135 Å². The topological polar surface area (TPSA) is 27.7 Å². The first-order valence-electron chi connectivity index (χ1n) is 7.56. The van der Waals surface area contributed by atoms with Crippen molar-refractivity contribution >= 4 is 25.3 Å². The van der Waals surface area contributed by atoms with Crippen molar-refractivity contribution in [3.8, 4) is 0 Å². The molecule has 0 saturated carbocycles. The molecule has 0 aliphatic carbocycles. The zero-order chi connectivity index (χ0) is 15.4. The molecule has 0 aliphatic rings. The zero-order valence-corrected chi connectivity index (χ0v) is 15.2. The fraction of sp³-hybridized carbons (Fsp3) is 1.00. The van der Waals surface area contributed by atoms with Gasteiger partial charge in [0.2, 0.25) is 0 Å². The van der Waals surface area contributed by atoms with E-state index in [0.29, 0.717) is 5.75 Å². The fourth-order valence-corrected chi connectivity index (χ4v) is 3.17. The molecule has 0 saturated heterocycles. The predicted octanol–water partition coefficient (Wildman–Crippen LogP) is 4.17. The van der Waals surface area contributed by atoms with Gasteiger partial charge in [-0.05, 0) is 6.42 Å². The van der Waals surface area contributed by atoms with Gasteiger partial charge in [0, 0.05) is 32.3 Å². The monoisotopic (exact) mass is 324 g/mol. The van der Waals surface area contributed by atoms with Gasteiger partial charge in [-0.3, -0.25) is 0 Å². The van der Waals surface area contributed by atoms with Crippen molar-refractivity contribution in [3.63, 3.8) is 0 Å². The maximum atomic E-state index is 5.49. The van der Waals surface area contributed by atoms with Crippen molar-refractivity contribution in [1.82, 2.24) is 0 Å². The summed E-state index contributed by atoms with van der Waals surface area (Å²) in [6, 6.07) is 0. The molecule has 0 N–H and O–H groups in total. The minimum Gasteiger partial charge on any atom is -0.331 e. The van der Waals surface area contributed by atoms with Crippen molar-refractivity contribution in [2.24, 2.45) is 5.92 Å². The van der Waals surface area contributed by atoms with Crippen molar-refractivity contribution in [2.75, 3.05) is 27.1 Å². The summed E-state index contributed by atoms with van der Waals surface area (Å²) < 4.78 is 16.5. The number of hydrogen-bond acceptors (Lipinski definition) is 5. The second-order valence-corrected chi connectivity index (χ2v) is 6.16. The van der Waals surface area contributed by atoms with Gasteiger partial charge in [0.15, 0.2) is 0 Å². The van der Waals surface area contributed by atoms with Crippen LogP contribution in [0.1, 0.15) is 51.9 Å². The molecule has 0 radical (unpaired) electrons. The molecule has 0 rings (SSSR count). The first kappa shape index (κ1) is 20.6. The average molecular weight is 325 g/mol. The highest BCUT2D eigenvalue weighted by atomic mass is 32.1. The van der Waals surface area contributed by atoms with E-state index in [0.717, 1.165) is 12.8 Å². The van der Waals surface area contributed by atoms with E-state index in [1.54, 1.807) is 21.3 Å². The van der Waals surface area contributed by atoms with E-state index in [9.17, 15) is 0 Å². The van der Waals surface area contributed by atoms with Crippen LogP contribution < -0.4 is 0 Å². The molecule has 0 aromatic rings. The second kappa shape index (κ2) is 12.2. The Morgan fingerprint density at radius 1 is 0.900 bits per heavy atom. The lowest BCUT2D eigenvalue weighted by Gasteiger charge is -2.38. The molecule has 0 amide bonds. The van der Waals surface area contributed by atoms with Gasteiger partial charge in [-0.2, -0.15) is 25.3 Å². The van der Waals surface area contributed by atoms with Crippen LogP contribution in [0.4, 0.5) is 0 Å². The summed E-state index contributed by atoms with van der Waals surface area (Å²) in [6.45, 7) is 2.23. The molecule has 0 aliphatic heterocycles. The van der Waals surface area contributed by atoms with Crippen molar-refractivity contribution < 1.29 is 14.2 Å². The number of unbranched alkanes of at least 4 members (excludes halogenated alkanes) is 5. The van der Waals surface area contributed by atoms with E-state index in [4.69, 9.17) is 14.2 Å². The van der Waals surface area contributed by atoms with Gasteiger partial charge in [-0.1, -0.05) is 45.4 Å². The molecule has 0 aromatic heterocycles. The minimum absolute atomic E-state index is 0.0644. The summed E-state index contributed by atoms with van der Waals surface area (Å²) in [4.78, 5) is 0. The molecular weight excluding hydrogens is 292 g/mol. The average Bonchev–Trinajstić information content (AvgIpc) is 2.49. The Morgan fingerprint density at radius 3 is 1.85 bits per heavy atom. The van der Waals surface area contributed by atoms with Crippen LogP contribution in [0.25, 0.3) is 0 Å². The lowest BCUT2D eigenvalue weighted by atomic mass is 9.94. The first-order chi connectivity index (χ1) is 9.61. The van der Waals surface area contributed by atoms with E-state index in [1.165, 1.54) is 32.1 Å². The molecule has 3 nitrogen and oxygen atoms in total. The van der Waals surface area contributed by atoms with E-state index in [1.807, 2.05) is 0 Å². The number of rotatable bonds is 13. The smallest absolute Gasteiger partial charge is 0.286 e. The summed E-state index contributed by atoms with van der Waals surface area (Å²) in [5, 5.41) is 0.0776. The van der Waals surface area contributed by atoms with Gasteiger partial charge in [0.25, 0.3) is 5.97 Å². The van der Waals surface area contributed by atoms with Crippen LogP contribution in [0.3, 0.4) is 0 Å². The minimum atomic E-state index is -1.02. The van der Waals surface area contributed by atoms with Crippen LogP contribution in [-0.2, 0) is 14.2 Å². The van der Waals surface area contributed by atoms with Gasteiger partial charge < -0.3 is 14.2 Å². The molecule has 2 unspecified atom stereocenters. The summed E-state index contributed by atoms with van der Waals surface area (Å²) in [5.74, 6) is -0.283. The highest BCUT2D eigenvalue weighted by Crippen LogP contribution is 2.34. The summed E-state index contributed by atoms with van der Waals surface area (Å²) in [6.07, 6.45) is 8.55. The van der Waals surface area contributed by atoms with Crippen molar-refractivity contribution in [2.45, 2.75) is 63.1 Å². The Balaban J connectivity index is 4.42. The lowest BCUT2D eigenvalue weighted by Crippen LogP contribution is -2.48. The fourth-order valence-electron chi connectivity index (χ4n) is 2.58. The maximum Gasteiger partial charge on any atom is 0.286 e. The summed E-state index contributed by atoms with van der Waals surface area (Å²) >= 11 is 8.97. The van der Waals surface area contributed by atoms with Gasteiger partial charge in [-0.15, -0.1) is 0 Å². The van der Waals surface area contributed by atoms with Crippen LogP contribution in [0.5, 0.6) is 0 Å². The van der Waals surface area contributed by atoms with E-state index < -0.39 is 5.97 Å². The van der Waals surface area contributed by atoms with Gasteiger partial charge >= 0.3 is 0 Å². The van der Waals surface area contributed by atoms with Gasteiger partial charge in [0.1, 0.15) is 0 Å². The maximum absolute atomic E-state index is 5.49. The van der Waals surface area contributed by atoms with Crippen LogP contribution in [0.2, 0.25) is 0 Å². The predicted molar refractivity (Wildman–Crippen MR) is 91.9 cm³/mol. The third-order valence-corrected chi connectivity index (χ3v) is 5.05. The third kappa shape index (κ3) is 6.56. The summed E-state index contributed by atoms with van der Waals surface area (Å²) in [5.41, 5.74) is 0. The Kier molecular flexibility index (Phi) is 12.5. The van der Waals surface area contributed by atoms with E-state index in [2.05, 4.69) is 32.2 Å². The van der Waals surface area contributed by atoms with E-state index >= 15 is 0 Å². The van der Waals surface area contributed by atoms with Crippen LogP contribution in [-0.4, -0.2) is 38.3 Å². The van der Waals surface area contributed by atoms with Crippen LogP contribution >= 0.6 is 25.3 Å².